The zero-order chi connectivity index (χ0) is 19.3. The van der Waals surface area contributed by atoms with Gasteiger partial charge in [0, 0.05) is 19.8 Å². The molecule has 0 aliphatic carbocycles. The average molecular weight is 375 g/mol. The minimum atomic E-state index is -3.59. The Kier molecular flexibility index (Phi) is 6.26. The maximum Gasteiger partial charge on any atom is 0.241 e. The van der Waals surface area contributed by atoms with E-state index in [0.717, 1.165) is 21.8 Å². The van der Waals surface area contributed by atoms with E-state index in [1.807, 2.05) is 68.4 Å². The van der Waals surface area contributed by atoms with E-state index in [9.17, 15) is 13.2 Å². The van der Waals surface area contributed by atoms with Crippen molar-refractivity contribution in [3.05, 3.63) is 60.2 Å². The number of amides is 1. The number of hydrogen-bond acceptors (Lipinski definition) is 4. The van der Waals surface area contributed by atoms with E-state index < -0.39 is 10.0 Å². The van der Waals surface area contributed by atoms with Crippen LogP contribution in [0.15, 0.2) is 54.6 Å². The molecule has 0 bridgehead atoms. The number of rotatable bonds is 7. The van der Waals surface area contributed by atoms with E-state index >= 15 is 0 Å². The maximum atomic E-state index is 12.4. The molecule has 0 aliphatic rings. The summed E-state index contributed by atoms with van der Waals surface area (Å²) >= 11 is 0. The molecule has 6 nitrogen and oxygen atoms in total. The molecule has 0 radical (unpaired) electrons. The van der Waals surface area contributed by atoms with Crippen molar-refractivity contribution in [1.29, 1.82) is 0 Å². The molecule has 1 amide bonds. The van der Waals surface area contributed by atoms with Crippen molar-refractivity contribution < 1.29 is 13.2 Å². The molecule has 140 valence electrons. The Labute approximate surface area is 155 Å². The lowest BCUT2D eigenvalue weighted by molar-refractivity contribution is -0.120. The smallest absolute Gasteiger partial charge is 0.241 e. The van der Waals surface area contributed by atoms with Crippen LogP contribution in [0, 0.1) is 0 Å². The molecule has 0 spiro atoms. The van der Waals surface area contributed by atoms with Gasteiger partial charge in [-0.05, 0) is 36.8 Å². The lowest BCUT2D eigenvalue weighted by atomic mass is 10.1. The molecular formula is C19H25N3O3S. The summed E-state index contributed by atoms with van der Waals surface area (Å²) in [5, 5.41) is 2.84. The summed E-state index contributed by atoms with van der Waals surface area (Å²) in [4.78, 5) is 14.3. The van der Waals surface area contributed by atoms with E-state index in [4.69, 9.17) is 0 Å². The van der Waals surface area contributed by atoms with Crippen molar-refractivity contribution in [3.63, 3.8) is 0 Å². The van der Waals surface area contributed by atoms with Gasteiger partial charge in [-0.25, -0.2) is 8.42 Å². The average Bonchev–Trinajstić information content (AvgIpc) is 2.59. The molecule has 2 aromatic rings. The summed E-state index contributed by atoms with van der Waals surface area (Å²) in [7, 11) is 0.221. The fourth-order valence-corrected chi connectivity index (χ4v) is 3.42. The van der Waals surface area contributed by atoms with Crippen LogP contribution in [0.25, 0.3) is 0 Å². The Hall–Kier alpha value is -2.54. The topological polar surface area (TPSA) is 69.7 Å². The van der Waals surface area contributed by atoms with Gasteiger partial charge in [0.15, 0.2) is 0 Å². The van der Waals surface area contributed by atoms with Crippen LogP contribution in [-0.4, -0.2) is 41.2 Å². The molecule has 1 atom stereocenters. The van der Waals surface area contributed by atoms with Gasteiger partial charge in [0.2, 0.25) is 15.9 Å². The number of benzene rings is 2. The summed E-state index contributed by atoms with van der Waals surface area (Å²) in [6.45, 7) is 1.60. The fraction of sp³-hybridized carbons (Fsp3) is 0.316. The molecule has 0 aliphatic heterocycles. The fourth-order valence-electron chi connectivity index (χ4n) is 2.56. The van der Waals surface area contributed by atoms with Gasteiger partial charge in [0.05, 0.1) is 18.0 Å². The van der Waals surface area contributed by atoms with Crippen LogP contribution in [0.4, 0.5) is 11.4 Å². The van der Waals surface area contributed by atoms with Crippen LogP contribution in [0.2, 0.25) is 0 Å². The van der Waals surface area contributed by atoms with Crippen molar-refractivity contribution in [1.82, 2.24) is 5.32 Å². The third-order valence-electron chi connectivity index (χ3n) is 4.02. The molecule has 2 aromatic carbocycles. The van der Waals surface area contributed by atoms with Crippen molar-refractivity contribution in [2.75, 3.05) is 36.1 Å². The van der Waals surface area contributed by atoms with Gasteiger partial charge in [0.25, 0.3) is 0 Å². The van der Waals surface area contributed by atoms with E-state index in [-0.39, 0.29) is 18.5 Å². The first kappa shape index (κ1) is 19.8. The third-order valence-corrected chi connectivity index (χ3v) is 5.16. The SMILES string of the molecule is CC(NC(=O)CN(c1ccc(N(C)C)cc1)S(C)(=O)=O)c1ccccc1. The zero-order valence-electron chi connectivity index (χ0n) is 15.5. The van der Waals surface area contributed by atoms with E-state index in [1.165, 1.54) is 0 Å². The molecule has 0 saturated heterocycles. The first-order valence-electron chi connectivity index (χ1n) is 8.28. The lowest BCUT2D eigenvalue weighted by Gasteiger charge is -2.24. The van der Waals surface area contributed by atoms with Gasteiger partial charge in [-0.15, -0.1) is 0 Å². The Morgan fingerprint density at radius 1 is 1.00 bits per heavy atom. The van der Waals surface area contributed by atoms with Crippen LogP contribution in [-0.2, 0) is 14.8 Å². The normalized spacial score (nSPS) is 12.3. The van der Waals surface area contributed by atoms with Crippen molar-refractivity contribution in [2.45, 2.75) is 13.0 Å². The van der Waals surface area contributed by atoms with Crippen LogP contribution in [0.3, 0.4) is 0 Å². The molecular weight excluding hydrogens is 350 g/mol. The molecule has 2 rings (SSSR count). The number of hydrogen-bond donors (Lipinski definition) is 1. The molecule has 7 heteroatoms. The summed E-state index contributed by atoms with van der Waals surface area (Å²) in [5.74, 6) is -0.358. The molecule has 0 heterocycles. The largest absolute Gasteiger partial charge is 0.378 e. The lowest BCUT2D eigenvalue weighted by Crippen LogP contribution is -2.41. The van der Waals surface area contributed by atoms with Gasteiger partial charge >= 0.3 is 0 Å². The standard InChI is InChI=1S/C19H25N3O3S/c1-15(16-8-6-5-7-9-16)20-19(23)14-22(26(4,24)25)18-12-10-17(11-13-18)21(2)3/h5-13,15H,14H2,1-4H3,(H,20,23). The molecule has 0 saturated carbocycles. The summed E-state index contributed by atoms with van der Waals surface area (Å²) in [6, 6.07) is 16.4. The minimum Gasteiger partial charge on any atom is -0.378 e. The molecule has 1 unspecified atom stereocenters. The monoisotopic (exact) mass is 375 g/mol. The second-order valence-corrected chi connectivity index (χ2v) is 8.29. The van der Waals surface area contributed by atoms with Crippen molar-refractivity contribution in [3.8, 4) is 0 Å². The highest BCUT2D eigenvalue weighted by Crippen LogP contribution is 2.21. The number of anilines is 2. The first-order chi connectivity index (χ1) is 12.2. The number of carbonyl (C=O) groups excluding carboxylic acids is 1. The van der Waals surface area contributed by atoms with Crippen LogP contribution in [0.5, 0.6) is 0 Å². The Morgan fingerprint density at radius 3 is 2.04 bits per heavy atom. The maximum absolute atomic E-state index is 12.4. The molecule has 0 aromatic heterocycles. The predicted molar refractivity (Wildman–Crippen MR) is 106 cm³/mol. The summed E-state index contributed by atoms with van der Waals surface area (Å²) in [6.07, 6.45) is 1.10. The number of nitrogens with zero attached hydrogens (tertiary/aromatic N) is 2. The number of sulfonamides is 1. The van der Waals surface area contributed by atoms with Crippen LogP contribution < -0.4 is 14.5 Å². The Morgan fingerprint density at radius 2 is 1.54 bits per heavy atom. The number of carbonyl (C=O) groups is 1. The Balaban J connectivity index is 2.14. The predicted octanol–water partition coefficient (Wildman–Crippen LogP) is 2.40. The van der Waals surface area contributed by atoms with Gasteiger partial charge in [-0.1, -0.05) is 30.3 Å². The highest BCUT2D eigenvalue weighted by atomic mass is 32.2. The summed E-state index contributed by atoms with van der Waals surface area (Å²) < 4.78 is 25.5. The van der Waals surface area contributed by atoms with E-state index in [1.54, 1.807) is 12.1 Å². The van der Waals surface area contributed by atoms with Crippen LogP contribution in [0.1, 0.15) is 18.5 Å². The second kappa shape index (κ2) is 8.23. The number of nitrogens with one attached hydrogen (secondary N) is 1. The second-order valence-electron chi connectivity index (χ2n) is 6.38. The van der Waals surface area contributed by atoms with Gasteiger partial charge < -0.3 is 10.2 Å². The molecule has 0 fully saturated rings. The molecule has 26 heavy (non-hydrogen) atoms. The zero-order valence-corrected chi connectivity index (χ0v) is 16.3. The van der Waals surface area contributed by atoms with E-state index in [0.29, 0.717) is 5.69 Å². The van der Waals surface area contributed by atoms with Crippen LogP contribution >= 0.6 is 0 Å². The van der Waals surface area contributed by atoms with Crippen molar-refractivity contribution in [2.24, 2.45) is 0 Å². The highest BCUT2D eigenvalue weighted by Gasteiger charge is 2.22. The minimum absolute atomic E-state index is 0.207. The van der Waals surface area contributed by atoms with Gasteiger partial charge in [-0.2, -0.15) is 0 Å². The quantitative estimate of drug-likeness (QED) is 0.807. The Bertz CT molecular complexity index is 834. The third kappa shape index (κ3) is 5.23. The van der Waals surface area contributed by atoms with Gasteiger partial charge in [0.1, 0.15) is 6.54 Å². The first-order valence-corrected chi connectivity index (χ1v) is 10.1. The molecule has 1 N–H and O–H groups in total. The highest BCUT2D eigenvalue weighted by molar-refractivity contribution is 7.92. The van der Waals surface area contributed by atoms with E-state index in [2.05, 4.69) is 5.32 Å². The summed E-state index contributed by atoms with van der Waals surface area (Å²) in [5.41, 5.74) is 2.37. The van der Waals surface area contributed by atoms with Gasteiger partial charge in [-0.3, -0.25) is 9.10 Å². The van der Waals surface area contributed by atoms with Crippen molar-refractivity contribution >= 4 is 27.3 Å².